The summed E-state index contributed by atoms with van der Waals surface area (Å²) >= 11 is 0. The highest BCUT2D eigenvalue weighted by Crippen LogP contribution is 2.36. The maximum absolute atomic E-state index is 14.1. The second-order valence-electron chi connectivity index (χ2n) is 8.41. The summed E-state index contributed by atoms with van der Waals surface area (Å²) in [6.07, 6.45) is 4.09. The van der Waals surface area contributed by atoms with Gasteiger partial charge >= 0.3 is 5.97 Å². The van der Waals surface area contributed by atoms with Crippen LogP contribution in [-0.4, -0.2) is 17.1 Å². The molecule has 2 N–H and O–H groups in total. The lowest BCUT2D eigenvalue weighted by molar-refractivity contribution is -0.136. The highest BCUT2D eigenvalue weighted by molar-refractivity contribution is 5.86. The maximum atomic E-state index is 14.1. The first-order valence-corrected chi connectivity index (χ1v) is 10.7. The Kier molecular flexibility index (Phi) is 6.14. The summed E-state index contributed by atoms with van der Waals surface area (Å²) in [7, 11) is 0. The number of hydrogen-bond donors (Lipinski definition) is 2. The minimum Gasteiger partial charge on any atom is -0.481 e. The average molecular weight is 406 g/mol. The van der Waals surface area contributed by atoms with E-state index in [-0.39, 0.29) is 18.3 Å². The summed E-state index contributed by atoms with van der Waals surface area (Å²) < 4.78 is 14.1. The van der Waals surface area contributed by atoms with Gasteiger partial charge in [-0.15, -0.1) is 0 Å². The van der Waals surface area contributed by atoms with Gasteiger partial charge in [-0.3, -0.25) is 4.79 Å². The zero-order valence-corrected chi connectivity index (χ0v) is 17.3. The van der Waals surface area contributed by atoms with Crippen molar-refractivity contribution in [2.75, 3.05) is 0 Å². The number of nitrogens with one attached hydrogen (secondary N) is 1. The number of carboxylic acids is 1. The van der Waals surface area contributed by atoms with Gasteiger partial charge in [0.2, 0.25) is 0 Å². The van der Waals surface area contributed by atoms with Gasteiger partial charge in [0.05, 0.1) is 0 Å². The molecule has 3 aromatic carbocycles. The average Bonchev–Trinajstić information content (AvgIpc) is 3.21. The number of aliphatic carboxylic acids is 1. The molecule has 3 atom stereocenters. The van der Waals surface area contributed by atoms with Crippen LogP contribution < -0.4 is 5.32 Å². The molecular weight excluding hydrogens is 377 g/mol. The Morgan fingerprint density at radius 2 is 1.80 bits per heavy atom. The fraction of sp³-hybridized carbons (Fsp3) is 0.346. The predicted molar refractivity (Wildman–Crippen MR) is 118 cm³/mol. The highest BCUT2D eigenvalue weighted by Gasteiger charge is 2.27. The molecule has 3 aromatic rings. The van der Waals surface area contributed by atoms with Crippen LogP contribution >= 0.6 is 0 Å². The van der Waals surface area contributed by atoms with E-state index in [1.54, 1.807) is 6.07 Å². The van der Waals surface area contributed by atoms with Crippen LogP contribution in [0.4, 0.5) is 4.39 Å². The van der Waals surface area contributed by atoms with Gasteiger partial charge in [0.1, 0.15) is 5.82 Å². The van der Waals surface area contributed by atoms with Crippen molar-refractivity contribution in [2.24, 2.45) is 0 Å². The summed E-state index contributed by atoms with van der Waals surface area (Å²) in [5.41, 5.74) is 3.54. The quantitative estimate of drug-likeness (QED) is 0.508. The normalized spacial score (nSPS) is 19.8. The van der Waals surface area contributed by atoms with Gasteiger partial charge in [0.15, 0.2) is 0 Å². The van der Waals surface area contributed by atoms with Crippen molar-refractivity contribution in [1.82, 2.24) is 5.32 Å². The van der Waals surface area contributed by atoms with Crippen LogP contribution in [0.2, 0.25) is 0 Å². The fourth-order valence-electron chi connectivity index (χ4n) is 4.75. The minimum absolute atomic E-state index is 0.151. The van der Waals surface area contributed by atoms with E-state index < -0.39 is 5.97 Å². The van der Waals surface area contributed by atoms with Gasteiger partial charge in [-0.25, -0.2) is 4.39 Å². The summed E-state index contributed by atoms with van der Waals surface area (Å²) in [6.45, 7) is 2.16. The smallest absolute Gasteiger partial charge is 0.303 e. The molecule has 1 fully saturated rings. The number of aryl methyl sites for hydroxylation is 1. The molecule has 0 radical (unpaired) electrons. The van der Waals surface area contributed by atoms with Gasteiger partial charge < -0.3 is 10.4 Å². The third-order valence-corrected chi connectivity index (χ3v) is 6.37. The molecule has 0 heterocycles. The summed E-state index contributed by atoms with van der Waals surface area (Å²) in [4.78, 5) is 10.7. The highest BCUT2D eigenvalue weighted by atomic mass is 19.1. The topological polar surface area (TPSA) is 49.3 Å². The number of halogens is 1. The third-order valence-electron chi connectivity index (χ3n) is 6.37. The van der Waals surface area contributed by atoms with Crippen molar-refractivity contribution >= 4 is 16.7 Å². The Labute approximate surface area is 176 Å². The van der Waals surface area contributed by atoms with Gasteiger partial charge in [0, 0.05) is 23.9 Å². The molecule has 4 rings (SSSR count). The van der Waals surface area contributed by atoms with E-state index in [9.17, 15) is 9.18 Å². The molecule has 0 bridgehead atoms. The van der Waals surface area contributed by atoms with Crippen LogP contribution in [-0.2, 0) is 11.2 Å². The van der Waals surface area contributed by atoms with Gasteiger partial charge in [-0.1, -0.05) is 54.6 Å². The maximum Gasteiger partial charge on any atom is 0.303 e. The van der Waals surface area contributed by atoms with Crippen LogP contribution in [0.1, 0.15) is 61.3 Å². The molecule has 30 heavy (non-hydrogen) atoms. The zero-order chi connectivity index (χ0) is 21.1. The molecule has 0 amide bonds. The molecule has 0 saturated heterocycles. The molecule has 156 valence electrons. The van der Waals surface area contributed by atoms with Crippen molar-refractivity contribution in [2.45, 2.75) is 57.0 Å². The van der Waals surface area contributed by atoms with Gasteiger partial charge in [-0.2, -0.15) is 0 Å². The van der Waals surface area contributed by atoms with E-state index in [4.69, 9.17) is 5.11 Å². The van der Waals surface area contributed by atoms with Crippen LogP contribution in [0, 0.1) is 5.82 Å². The summed E-state index contributed by atoms with van der Waals surface area (Å²) in [6, 6.07) is 20.2. The Morgan fingerprint density at radius 3 is 2.53 bits per heavy atom. The monoisotopic (exact) mass is 405 g/mol. The first kappa shape index (κ1) is 20.5. The molecule has 3 nitrogen and oxygen atoms in total. The van der Waals surface area contributed by atoms with E-state index in [0.29, 0.717) is 23.8 Å². The van der Waals surface area contributed by atoms with Gasteiger partial charge in [0.25, 0.3) is 0 Å². The number of carbonyl (C=O) groups is 1. The van der Waals surface area contributed by atoms with Crippen LogP contribution in [0.15, 0.2) is 60.7 Å². The minimum atomic E-state index is -0.758. The predicted octanol–water partition coefficient (Wildman–Crippen LogP) is 5.98. The molecule has 0 aliphatic heterocycles. The Balaban J connectivity index is 1.39. The lowest BCUT2D eigenvalue weighted by Crippen LogP contribution is -2.29. The molecule has 0 unspecified atom stereocenters. The standard InChI is InChI=1S/C26H28FNO2/c1-17(22-13-14-25(27)24-5-3-2-4-23(22)24)28-21-12-11-20(16-21)19-9-6-18(7-10-19)8-15-26(29)30/h2-7,9-10,13-14,17,20-21,28H,8,11-12,15-16H2,1H3,(H,29,30)/t17-,20-,21+/m1/s1. The zero-order valence-electron chi connectivity index (χ0n) is 17.3. The van der Waals surface area contributed by atoms with Crippen LogP contribution in [0.25, 0.3) is 10.8 Å². The molecule has 0 spiro atoms. The Bertz CT molecular complexity index is 1030. The van der Waals surface area contributed by atoms with E-state index >= 15 is 0 Å². The molecule has 0 aromatic heterocycles. The molecular formula is C26H28FNO2. The van der Waals surface area contributed by atoms with E-state index in [1.165, 1.54) is 5.56 Å². The second-order valence-corrected chi connectivity index (χ2v) is 8.41. The number of fused-ring (bicyclic) bond motifs is 1. The van der Waals surface area contributed by atoms with Crippen molar-refractivity contribution < 1.29 is 14.3 Å². The number of hydrogen-bond acceptors (Lipinski definition) is 2. The van der Waals surface area contributed by atoms with Crippen molar-refractivity contribution in [1.29, 1.82) is 0 Å². The van der Waals surface area contributed by atoms with Crippen LogP contribution in [0.5, 0.6) is 0 Å². The fourth-order valence-corrected chi connectivity index (χ4v) is 4.75. The van der Waals surface area contributed by atoms with Crippen molar-refractivity contribution in [3.05, 3.63) is 83.2 Å². The third kappa shape index (κ3) is 4.54. The molecule has 1 aliphatic carbocycles. The van der Waals surface area contributed by atoms with Crippen molar-refractivity contribution in [3.8, 4) is 0 Å². The molecule has 1 aliphatic rings. The Hall–Kier alpha value is -2.72. The van der Waals surface area contributed by atoms with E-state index in [0.717, 1.165) is 35.8 Å². The van der Waals surface area contributed by atoms with Crippen molar-refractivity contribution in [3.63, 3.8) is 0 Å². The number of rotatable bonds is 7. The lowest BCUT2D eigenvalue weighted by atomic mass is 9.95. The SMILES string of the molecule is C[C@@H](N[C@H]1CC[C@@H](c2ccc(CCC(=O)O)cc2)C1)c1ccc(F)c2ccccc12. The van der Waals surface area contributed by atoms with E-state index in [1.807, 2.05) is 30.3 Å². The van der Waals surface area contributed by atoms with Crippen LogP contribution in [0.3, 0.4) is 0 Å². The first-order chi connectivity index (χ1) is 14.5. The summed E-state index contributed by atoms with van der Waals surface area (Å²) in [5.74, 6) is -0.408. The number of benzene rings is 3. The Morgan fingerprint density at radius 1 is 1.07 bits per heavy atom. The first-order valence-electron chi connectivity index (χ1n) is 10.7. The summed E-state index contributed by atoms with van der Waals surface area (Å²) in [5, 5.41) is 14.2. The molecule has 4 heteroatoms. The largest absolute Gasteiger partial charge is 0.481 e. The molecule has 1 saturated carbocycles. The van der Waals surface area contributed by atoms with E-state index in [2.05, 4.69) is 36.5 Å². The second kappa shape index (κ2) is 8.97. The number of carboxylic acid groups (broad SMARTS) is 1. The van der Waals surface area contributed by atoms with Gasteiger partial charge in [-0.05, 0) is 66.7 Å². The lowest BCUT2D eigenvalue weighted by Gasteiger charge is -2.22.